The van der Waals surface area contributed by atoms with Crippen LogP contribution in [0, 0.1) is 11.6 Å². The Morgan fingerprint density at radius 1 is 1.00 bits per heavy atom. The first-order chi connectivity index (χ1) is 16.0. The number of carbonyl (C=O) groups is 2. The summed E-state index contributed by atoms with van der Waals surface area (Å²) in [5.74, 6) is -1.96. The summed E-state index contributed by atoms with van der Waals surface area (Å²) in [6.07, 6.45) is 0.556. The summed E-state index contributed by atoms with van der Waals surface area (Å²) in [7, 11) is 0. The number of halogens is 2. The first-order valence-electron chi connectivity index (χ1n) is 10.7. The fraction of sp³-hybridized carbons (Fsp3) is 0.250. The van der Waals surface area contributed by atoms with Crippen LogP contribution in [0.2, 0.25) is 0 Å². The number of nitrogens with one attached hydrogen (secondary N) is 3. The summed E-state index contributed by atoms with van der Waals surface area (Å²) in [5.41, 5.74) is 2.56. The normalized spacial score (nSPS) is 15.0. The average Bonchev–Trinajstić information content (AvgIpc) is 3.13. The quantitative estimate of drug-likeness (QED) is 0.534. The van der Waals surface area contributed by atoms with E-state index >= 15 is 0 Å². The van der Waals surface area contributed by atoms with E-state index in [0.29, 0.717) is 17.0 Å². The predicted molar refractivity (Wildman–Crippen MR) is 116 cm³/mol. The van der Waals surface area contributed by atoms with Gasteiger partial charge in [-0.2, -0.15) is 0 Å². The van der Waals surface area contributed by atoms with Crippen LogP contribution in [0.4, 0.5) is 8.78 Å². The van der Waals surface area contributed by atoms with E-state index in [1.54, 1.807) is 0 Å². The smallest absolute Gasteiger partial charge is 0.255 e. The lowest BCUT2D eigenvalue weighted by Crippen LogP contribution is -2.57. The lowest BCUT2D eigenvalue weighted by Gasteiger charge is -2.27. The molecule has 0 aliphatic carbocycles. The molecule has 9 heteroatoms. The highest BCUT2D eigenvalue weighted by molar-refractivity contribution is 5.99. The maximum Gasteiger partial charge on any atom is 0.255 e. The van der Waals surface area contributed by atoms with Crippen LogP contribution >= 0.6 is 0 Å². The van der Waals surface area contributed by atoms with E-state index in [1.807, 2.05) is 24.3 Å². The zero-order valence-electron chi connectivity index (χ0n) is 17.6. The molecule has 2 aromatic carbocycles. The summed E-state index contributed by atoms with van der Waals surface area (Å²) in [6, 6.07) is 11.2. The molecule has 0 radical (unpaired) electrons. The number of benzene rings is 2. The van der Waals surface area contributed by atoms with E-state index in [0.717, 1.165) is 36.3 Å². The monoisotopic (exact) mass is 449 g/mol. The maximum absolute atomic E-state index is 14.3. The Balaban J connectivity index is 1.40. The second-order valence-electron chi connectivity index (χ2n) is 8.19. The minimum atomic E-state index is -0.765. The Hall–Kier alpha value is -3.72. The van der Waals surface area contributed by atoms with E-state index in [4.69, 9.17) is 0 Å². The van der Waals surface area contributed by atoms with Gasteiger partial charge in [-0.05, 0) is 23.3 Å². The predicted octanol–water partition coefficient (Wildman–Crippen LogP) is 1.89. The lowest BCUT2D eigenvalue weighted by atomic mass is 10.0. The molecule has 2 aliphatic heterocycles. The second-order valence-corrected chi connectivity index (χ2v) is 8.19. The maximum atomic E-state index is 14.3. The summed E-state index contributed by atoms with van der Waals surface area (Å²) in [5, 5.41) is 8.76. The molecule has 1 fully saturated rings. The van der Waals surface area contributed by atoms with Crippen LogP contribution in [0.15, 0.2) is 42.5 Å². The van der Waals surface area contributed by atoms with Crippen molar-refractivity contribution in [3.05, 3.63) is 82.2 Å². The molecule has 0 atom stereocenters. The Morgan fingerprint density at radius 2 is 1.70 bits per heavy atom. The zero-order valence-corrected chi connectivity index (χ0v) is 17.6. The van der Waals surface area contributed by atoms with Crippen LogP contribution in [-0.2, 0) is 24.2 Å². The topological polar surface area (TPSA) is 96.0 Å². The van der Waals surface area contributed by atoms with Gasteiger partial charge in [0.1, 0.15) is 11.6 Å². The average molecular weight is 449 g/mol. The Bertz CT molecular complexity index is 1220. The number of hydrogen-bond donors (Lipinski definition) is 3. The molecule has 3 N–H and O–H groups in total. The number of rotatable bonds is 6. The van der Waals surface area contributed by atoms with Crippen molar-refractivity contribution in [2.45, 2.75) is 25.4 Å². The van der Waals surface area contributed by atoms with Gasteiger partial charge in [-0.25, -0.2) is 18.7 Å². The minimum absolute atomic E-state index is 0.0314. The fourth-order valence-electron chi connectivity index (χ4n) is 3.98. The minimum Gasteiger partial charge on any atom is -0.351 e. The molecule has 168 valence electrons. The van der Waals surface area contributed by atoms with Crippen LogP contribution in [0.1, 0.15) is 32.9 Å². The van der Waals surface area contributed by atoms with Gasteiger partial charge in [0, 0.05) is 19.5 Å². The summed E-state index contributed by atoms with van der Waals surface area (Å²) >= 11 is 0. The van der Waals surface area contributed by atoms with Crippen molar-refractivity contribution in [3.8, 4) is 11.4 Å². The summed E-state index contributed by atoms with van der Waals surface area (Å²) < 4.78 is 28.7. The molecule has 0 saturated carbocycles. The Labute approximate surface area is 188 Å². The number of fused-ring (bicyclic) bond motifs is 1. The summed E-state index contributed by atoms with van der Waals surface area (Å²) in [6.45, 7) is 1.76. The summed E-state index contributed by atoms with van der Waals surface area (Å²) in [4.78, 5) is 33.1. The van der Waals surface area contributed by atoms with Crippen LogP contribution < -0.4 is 16.0 Å². The molecule has 33 heavy (non-hydrogen) atoms. The first kappa shape index (κ1) is 21.1. The van der Waals surface area contributed by atoms with E-state index in [9.17, 15) is 18.4 Å². The SMILES string of the molecule is O=C(Cc1ccc(Cc2nc(-c3c(F)cccc3F)nc3c2C(=O)NC3)cc1)NC1CNC1. The molecule has 2 amide bonds. The Morgan fingerprint density at radius 3 is 2.36 bits per heavy atom. The van der Waals surface area contributed by atoms with Crippen LogP contribution in [0.5, 0.6) is 0 Å². The molecular weight excluding hydrogens is 428 g/mol. The highest BCUT2D eigenvalue weighted by Gasteiger charge is 2.28. The van der Waals surface area contributed by atoms with Gasteiger partial charge < -0.3 is 16.0 Å². The zero-order chi connectivity index (χ0) is 22.9. The third-order valence-corrected chi connectivity index (χ3v) is 5.79. The van der Waals surface area contributed by atoms with Gasteiger partial charge >= 0.3 is 0 Å². The molecule has 3 heterocycles. The van der Waals surface area contributed by atoms with E-state index in [-0.39, 0.29) is 48.6 Å². The van der Waals surface area contributed by atoms with Gasteiger partial charge in [0.2, 0.25) is 5.91 Å². The van der Waals surface area contributed by atoms with Crippen molar-refractivity contribution in [2.75, 3.05) is 13.1 Å². The largest absolute Gasteiger partial charge is 0.351 e. The van der Waals surface area contributed by atoms with Gasteiger partial charge in [-0.1, -0.05) is 30.3 Å². The molecule has 0 unspecified atom stereocenters. The van der Waals surface area contributed by atoms with Gasteiger partial charge in [-0.3, -0.25) is 9.59 Å². The van der Waals surface area contributed by atoms with Gasteiger partial charge in [0.25, 0.3) is 5.91 Å². The molecule has 2 aliphatic rings. The molecule has 3 aromatic rings. The standard InChI is InChI=1S/C24H21F2N5O2/c25-16-2-1-3-17(26)21(16)23-30-18(22-19(31-23)12-28-24(22)33)8-13-4-6-14(7-5-13)9-20(32)29-15-10-27-11-15/h1-7,15,27H,8-12H2,(H,28,33)(H,29,32). The molecule has 1 saturated heterocycles. The van der Waals surface area contributed by atoms with E-state index in [1.165, 1.54) is 6.07 Å². The molecule has 0 spiro atoms. The van der Waals surface area contributed by atoms with Crippen LogP contribution in [0.3, 0.4) is 0 Å². The number of nitrogens with zero attached hydrogens (tertiary/aromatic N) is 2. The van der Waals surface area contributed by atoms with Gasteiger partial charge in [0.15, 0.2) is 5.82 Å². The van der Waals surface area contributed by atoms with Gasteiger partial charge in [-0.15, -0.1) is 0 Å². The van der Waals surface area contributed by atoms with Crippen molar-refractivity contribution in [2.24, 2.45) is 0 Å². The highest BCUT2D eigenvalue weighted by Crippen LogP contribution is 2.27. The highest BCUT2D eigenvalue weighted by atomic mass is 19.1. The molecular formula is C24H21F2N5O2. The molecule has 5 rings (SSSR count). The Kier molecular flexibility index (Phi) is 5.55. The number of amides is 2. The van der Waals surface area contributed by atoms with E-state index < -0.39 is 11.6 Å². The first-order valence-corrected chi connectivity index (χ1v) is 10.7. The van der Waals surface area contributed by atoms with Crippen molar-refractivity contribution >= 4 is 11.8 Å². The van der Waals surface area contributed by atoms with Crippen LogP contribution in [-0.4, -0.2) is 40.9 Å². The van der Waals surface area contributed by atoms with Crippen molar-refractivity contribution in [1.82, 2.24) is 25.9 Å². The van der Waals surface area contributed by atoms with Crippen molar-refractivity contribution < 1.29 is 18.4 Å². The second kappa shape index (κ2) is 8.67. The molecule has 7 nitrogen and oxygen atoms in total. The fourth-order valence-corrected chi connectivity index (χ4v) is 3.98. The lowest BCUT2D eigenvalue weighted by molar-refractivity contribution is -0.121. The molecule has 1 aromatic heterocycles. The third-order valence-electron chi connectivity index (χ3n) is 5.79. The van der Waals surface area contributed by atoms with Crippen LogP contribution in [0.25, 0.3) is 11.4 Å². The number of carbonyl (C=O) groups excluding carboxylic acids is 2. The van der Waals surface area contributed by atoms with Crippen molar-refractivity contribution in [3.63, 3.8) is 0 Å². The third kappa shape index (κ3) is 4.31. The van der Waals surface area contributed by atoms with E-state index in [2.05, 4.69) is 25.9 Å². The van der Waals surface area contributed by atoms with Crippen molar-refractivity contribution in [1.29, 1.82) is 0 Å². The number of aromatic nitrogens is 2. The number of hydrogen-bond acceptors (Lipinski definition) is 5. The van der Waals surface area contributed by atoms with Gasteiger partial charge in [0.05, 0.1) is 41.5 Å². The molecule has 0 bridgehead atoms.